The second kappa shape index (κ2) is 9.67. The molecule has 0 bridgehead atoms. The molecular formula is C26H24F2N2O4S. The summed E-state index contributed by atoms with van der Waals surface area (Å²) in [6.07, 6.45) is 0. The van der Waals surface area contributed by atoms with Gasteiger partial charge in [0.15, 0.2) is 5.78 Å². The average molecular weight is 499 g/mol. The number of rotatable bonds is 5. The van der Waals surface area contributed by atoms with E-state index < -0.39 is 26.6 Å². The van der Waals surface area contributed by atoms with E-state index in [0.29, 0.717) is 11.6 Å². The van der Waals surface area contributed by atoms with Gasteiger partial charge in [-0.25, -0.2) is 17.2 Å². The fourth-order valence-corrected chi connectivity index (χ4v) is 5.50. The Morgan fingerprint density at radius 1 is 0.800 bits per heavy atom. The Balaban J connectivity index is 1.52. The van der Waals surface area contributed by atoms with Gasteiger partial charge in [-0.15, -0.1) is 0 Å². The normalized spacial score (nSPS) is 14.7. The lowest BCUT2D eigenvalue weighted by Crippen LogP contribution is -2.50. The van der Waals surface area contributed by atoms with Gasteiger partial charge in [0.1, 0.15) is 16.5 Å². The van der Waals surface area contributed by atoms with Crippen molar-refractivity contribution < 1.29 is 26.8 Å². The molecule has 1 amide bonds. The van der Waals surface area contributed by atoms with Gasteiger partial charge in [0.25, 0.3) is 5.91 Å². The van der Waals surface area contributed by atoms with Crippen LogP contribution in [0, 0.1) is 25.5 Å². The molecule has 1 fully saturated rings. The third kappa shape index (κ3) is 4.87. The Morgan fingerprint density at radius 3 is 2.09 bits per heavy atom. The molecular weight excluding hydrogens is 474 g/mol. The third-order valence-corrected chi connectivity index (χ3v) is 8.14. The molecule has 0 spiro atoms. The molecule has 0 radical (unpaired) electrons. The highest BCUT2D eigenvalue weighted by Gasteiger charge is 2.33. The van der Waals surface area contributed by atoms with Crippen molar-refractivity contribution in [3.63, 3.8) is 0 Å². The number of piperazine rings is 1. The van der Waals surface area contributed by atoms with E-state index in [2.05, 4.69) is 0 Å². The van der Waals surface area contributed by atoms with Crippen molar-refractivity contribution in [3.05, 3.63) is 100 Å². The molecule has 3 aromatic carbocycles. The Morgan fingerprint density at radius 2 is 1.46 bits per heavy atom. The molecule has 0 unspecified atom stereocenters. The monoisotopic (exact) mass is 498 g/mol. The second-order valence-electron chi connectivity index (χ2n) is 8.44. The number of ketones is 1. The molecule has 3 aromatic rings. The molecule has 1 aliphatic heterocycles. The second-order valence-corrected chi connectivity index (χ2v) is 10.4. The molecule has 1 heterocycles. The van der Waals surface area contributed by atoms with Crippen LogP contribution in [0.1, 0.15) is 37.4 Å². The van der Waals surface area contributed by atoms with Crippen LogP contribution in [-0.4, -0.2) is 55.5 Å². The first-order valence-corrected chi connectivity index (χ1v) is 12.5. The number of benzene rings is 3. The summed E-state index contributed by atoms with van der Waals surface area (Å²) in [4.78, 5) is 27.4. The van der Waals surface area contributed by atoms with Gasteiger partial charge < -0.3 is 4.90 Å². The number of carbonyl (C=O) groups is 2. The van der Waals surface area contributed by atoms with Gasteiger partial charge in [-0.2, -0.15) is 4.31 Å². The van der Waals surface area contributed by atoms with E-state index >= 15 is 0 Å². The fourth-order valence-electron chi connectivity index (χ4n) is 4.03. The molecule has 6 nitrogen and oxygen atoms in total. The predicted octanol–water partition coefficient (Wildman–Crippen LogP) is 3.96. The standard InChI is InChI=1S/C26H24F2N2O4S/c1-17-7-8-19(15-18(17)2)25(31)21-5-3-4-6-22(21)26(32)29-11-13-30(14-12-29)35(33,34)24-10-9-20(27)16-23(24)28/h3-10,15-16H,11-14H2,1-2H3. The number of halogens is 2. The van der Waals surface area contributed by atoms with E-state index in [4.69, 9.17) is 0 Å². The zero-order valence-corrected chi connectivity index (χ0v) is 20.1. The van der Waals surface area contributed by atoms with Crippen LogP contribution < -0.4 is 0 Å². The molecule has 35 heavy (non-hydrogen) atoms. The van der Waals surface area contributed by atoms with Crippen molar-refractivity contribution in [1.29, 1.82) is 0 Å². The summed E-state index contributed by atoms with van der Waals surface area (Å²) in [7, 11) is -4.19. The molecule has 1 saturated heterocycles. The topological polar surface area (TPSA) is 74.8 Å². The zero-order valence-electron chi connectivity index (χ0n) is 19.3. The quantitative estimate of drug-likeness (QED) is 0.499. The molecule has 0 aliphatic carbocycles. The van der Waals surface area contributed by atoms with Crippen molar-refractivity contribution >= 4 is 21.7 Å². The van der Waals surface area contributed by atoms with Crippen LogP contribution in [0.15, 0.2) is 65.6 Å². The minimum atomic E-state index is -4.19. The predicted molar refractivity (Wildman–Crippen MR) is 127 cm³/mol. The lowest BCUT2D eigenvalue weighted by molar-refractivity contribution is 0.0694. The van der Waals surface area contributed by atoms with Crippen LogP contribution in [0.5, 0.6) is 0 Å². The van der Waals surface area contributed by atoms with Crippen LogP contribution in [0.3, 0.4) is 0 Å². The van der Waals surface area contributed by atoms with Crippen molar-refractivity contribution in [2.75, 3.05) is 26.2 Å². The van der Waals surface area contributed by atoms with Gasteiger partial charge >= 0.3 is 0 Å². The van der Waals surface area contributed by atoms with Crippen molar-refractivity contribution in [2.24, 2.45) is 0 Å². The Hall–Kier alpha value is -3.43. The van der Waals surface area contributed by atoms with Gasteiger partial charge in [0.2, 0.25) is 10.0 Å². The highest BCUT2D eigenvalue weighted by atomic mass is 32.2. The number of nitrogens with zero attached hydrogens (tertiary/aromatic N) is 2. The number of amides is 1. The molecule has 4 rings (SSSR count). The van der Waals surface area contributed by atoms with Crippen LogP contribution in [0.25, 0.3) is 0 Å². The van der Waals surface area contributed by atoms with E-state index in [1.165, 1.54) is 4.90 Å². The largest absolute Gasteiger partial charge is 0.336 e. The molecule has 0 saturated carbocycles. The number of sulfonamides is 1. The van der Waals surface area contributed by atoms with Crippen molar-refractivity contribution in [1.82, 2.24) is 9.21 Å². The Kier molecular flexibility index (Phi) is 6.82. The first-order valence-electron chi connectivity index (χ1n) is 11.0. The minimum absolute atomic E-state index is 0.0574. The summed E-state index contributed by atoms with van der Waals surface area (Å²) in [6, 6.07) is 14.2. The highest BCUT2D eigenvalue weighted by Crippen LogP contribution is 2.23. The maximum Gasteiger partial charge on any atom is 0.254 e. The molecule has 182 valence electrons. The SMILES string of the molecule is Cc1ccc(C(=O)c2ccccc2C(=O)N2CCN(S(=O)(=O)c3ccc(F)cc3F)CC2)cc1C. The minimum Gasteiger partial charge on any atom is -0.336 e. The fraction of sp³-hybridized carbons (Fsp3) is 0.231. The summed E-state index contributed by atoms with van der Waals surface area (Å²) < 4.78 is 54.0. The average Bonchev–Trinajstić information content (AvgIpc) is 2.84. The van der Waals surface area contributed by atoms with Gasteiger partial charge in [0.05, 0.1) is 5.56 Å². The number of hydrogen-bond acceptors (Lipinski definition) is 4. The summed E-state index contributed by atoms with van der Waals surface area (Å²) in [5.41, 5.74) is 3.00. The molecule has 0 aromatic heterocycles. The smallest absolute Gasteiger partial charge is 0.254 e. The lowest BCUT2D eigenvalue weighted by atomic mass is 9.95. The van der Waals surface area contributed by atoms with E-state index in [1.807, 2.05) is 19.9 Å². The number of aryl methyl sites for hydroxylation is 2. The summed E-state index contributed by atoms with van der Waals surface area (Å²) in [5, 5.41) is 0. The lowest BCUT2D eigenvalue weighted by Gasteiger charge is -2.34. The third-order valence-electron chi connectivity index (χ3n) is 6.21. The van der Waals surface area contributed by atoms with Gasteiger partial charge in [-0.1, -0.05) is 30.3 Å². The highest BCUT2D eigenvalue weighted by molar-refractivity contribution is 7.89. The van der Waals surface area contributed by atoms with Crippen LogP contribution in [-0.2, 0) is 10.0 Å². The molecule has 0 N–H and O–H groups in total. The number of carbonyl (C=O) groups excluding carboxylic acids is 2. The maximum absolute atomic E-state index is 14.1. The first kappa shape index (κ1) is 24.7. The van der Waals surface area contributed by atoms with Crippen LogP contribution in [0.4, 0.5) is 8.78 Å². The molecule has 0 atom stereocenters. The van der Waals surface area contributed by atoms with Gasteiger partial charge in [-0.05, 0) is 49.2 Å². The van der Waals surface area contributed by atoms with Gasteiger partial charge in [0, 0.05) is 43.4 Å². The number of hydrogen-bond donors (Lipinski definition) is 0. The molecule has 1 aliphatic rings. The summed E-state index contributed by atoms with van der Waals surface area (Å²) >= 11 is 0. The van der Waals surface area contributed by atoms with E-state index in [-0.39, 0.29) is 49.0 Å². The van der Waals surface area contributed by atoms with E-state index in [0.717, 1.165) is 27.6 Å². The van der Waals surface area contributed by atoms with Crippen LogP contribution >= 0.6 is 0 Å². The van der Waals surface area contributed by atoms with Crippen LogP contribution in [0.2, 0.25) is 0 Å². The maximum atomic E-state index is 14.1. The molecule has 9 heteroatoms. The van der Waals surface area contributed by atoms with Gasteiger partial charge in [-0.3, -0.25) is 9.59 Å². The Bertz CT molecular complexity index is 1410. The van der Waals surface area contributed by atoms with E-state index in [1.54, 1.807) is 36.4 Å². The first-order chi connectivity index (χ1) is 16.6. The van der Waals surface area contributed by atoms with E-state index in [9.17, 15) is 26.8 Å². The van der Waals surface area contributed by atoms with Crippen molar-refractivity contribution in [3.8, 4) is 0 Å². The summed E-state index contributed by atoms with van der Waals surface area (Å²) in [6.45, 7) is 3.87. The summed E-state index contributed by atoms with van der Waals surface area (Å²) in [5.74, 6) is -2.69. The zero-order chi connectivity index (χ0) is 25.3. The van der Waals surface area contributed by atoms with Crippen molar-refractivity contribution in [2.45, 2.75) is 18.7 Å². The Labute approximate surface area is 202 Å².